The third kappa shape index (κ3) is 4.94. The third-order valence-electron chi connectivity index (χ3n) is 3.36. The van der Waals surface area contributed by atoms with E-state index in [0.717, 1.165) is 5.56 Å². The molecule has 0 radical (unpaired) electrons. The highest BCUT2D eigenvalue weighted by Crippen LogP contribution is 2.30. The molecule has 0 spiro atoms. The molecule has 2 aromatic rings. The fourth-order valence-electron chi connectivity index (χ4n) is 2.11. The van der Waals surface area contributed by atoms with Gasteiger partial charge in [0, 0.05) is 6.54 Å². The zero-order valence-corrected chi connectivity index (χ0v) is 13.9. The lowest BCUT2D eigenvalue weighted by Crippen LogP contribution is -2.28. The Morgan fingerprint density at radius 2 is 1.76 bits per heavy atom. The SMILES string of the molecule is COc1cccc(C(=O)OCC(=O)NCc2ccc(F)cc2)c1OC. The first-order chi connectivity index (χ1) is 12.0. The van der Waals surface area contributed by atoms with Gasteiger partial charge in [0.05, 0.1) is 14.2 Å². The van der Waals surface area contributed by atoms with Gasteiger partial charge in [0.1, 0.15) is 11.4 Å². The second kappa shape index (κ2) is 8.68. The number of hydrogen-bond acceptors (Lipinski definition) is 5. The molecule has 6 nitrogen and oxygen atoms in total. The van der Waals surface area contributed by atoms with Crippen molar-refractivity contribution >= 4 is 11.9 Å². The summed E-state index contributed by atoms with van der Waals surface area (Å²) in [5, 5.41) is 2.58. The minimum absolute atomic E-state index is 0.160. The van der Waals surface area contributed by atoms with Crippen LogP contribution < -0.4 is 14.8 Å². The van der Waals surface area contributed by atoms with E-state index in [2.05, 4.69) is 5.32 Å². The number of halogens is 1. The van der Waals surface area contributed by atoms with Crippen molar-refractivity contribution in [1.82, 2.24) is 5.32 Å². The first-order valence-corrected chi connectivity index (χ1v) is 7.44. The maximum absolute atomic E-state index is 12.8. The van der Waals surface area contributed by atoms with Crippen molar-refractivity contribution in [3.8, 4) is 11.5 Å². The van der Waals surface area contributed by atoms with Crippen molar-refractivity contribution in [3.05, 3.63) is 59.4 Å². The summed E-state index contributed by atoms with van der Waals surface area (Å²) in [6.07, 6.45) is 0. The Labute approximate surface area is 144 Å². The van der Waals surface area contributed by atoms with E-state index >= 15 is 0 Å². The second-order valence-corrected chi connectivity index (χ2v) is 5.02. The monoisotopic (exact) mass is 347 g/mol. The predicted octanol–water partition coefficient (Wildman–Crippen LogP) is 2.32. The van der Waals surface area contributed by atoms with Gasteiger partial charge in [-0.2, -0.15) is 0 Å². The summed E-state index contributed by atoms with van der Waals surface area (Å²) in [5.41, 5.74) is 0.892. The van der Waals surface area contributed by atoms with Crippen molar-refractivity contribution in [3.63, 3.8) is 0 Å². The summed E-state index contributed by atoms with van der Waals surface area (Å²) in [5.74, 6) is -0.900. The van der Waals surface area contributed by atoms with Crippen molar-refractivity contribution in [1.29, 1.82) is 0 Å². The Bertz CT molecular complexity index is 746. The molecule has 0 unspecified atom stereocenters. The highest BCUT2D eigenvalue weighted by Gasteiger charge is 2.18. The van der Waals surface area contributed by atoms with E-state index in [1.54, 1.807) is 24.3 Å². The fourth-order valence-corrected chi connectivity index (χ4v) is 2.11. The number of nitrogens with one attached hydrogen (secondary N) is 1. The fraction of sp³-hybridized carbons (Fsp3) is 0.222. The highest BCUT2D eigenvalue weighted by molar-refractivity contribution is 5.94. The number of ether oxygens (including phenoxy) is 3. The smallest absolute Gasteiger partial charge is 0.342 e. The topological polar surface area (TPSA) is 73.9 Å². The largest absolute Gasteiger partial charge is 0.493 e. The molecule has 0 atom stereocenters. The number of rotatable bonds is 7. The first kappa shape index (κ1) is 18.3. The number of carbonyl (C=O) groups excluding carboxylic acids is 2. The molecule has 1 N–H and O–H groups in total. The van der Waals surface area contributed by atoms with E-state index < -0.39 is 18.5 Å². The summed E-state index contributed by atoms with van der Waals surface area (Å²) < 4.78 is 28.1. The van der Waals surface area contributed by atoms with Crippen LogP contribution in [0.25, 0.3) is 0 Å². The molecular formula is C18H18FNO5. The molecule has 25 heavy (non-hydrogen) atoms. The Hall–Kier alpha value is -3.09. The van der Waals surface area contributed by atoms with E-state index in [9.17, 15) is 14.0 Å². The number of hydrogen-bond donors (Lipinski definition) is 1. The van der Waals surface area contributed by atoms with Crippen LogP contribution in [0.15, 0.2) is 42.5 Å². The van der Waals surface area contributed by atoms with E-state index in [1.807, 2.05) is 0 Å². The number of amides is 1. The van der Waals surface area contributed by atoms with Crippen LogP contribution in [0.4, 0.5) is 4.39 Å². The molecule has 0 aliphatic carbocycles. The molecule has 0 saturated heterocycles. The molecule has 0 bridgehead atoms. The zero-order chi connectivity index (χ0) is 18.2. The van der Waals surface area contributed by atoms with Crippen LogP contribution in [0.5, 0.6) is 11.5 Å². The van der Waals surface area contributed by atoms with Crippen LogP contribution in [0.3, 0.4) is 0 Å². The molecular weight excluding hydrogens is 329 g/mol. The van der Waals surface area contributed by atoms with Gasteiger partial charge >= 0.3 is 5.97 Å². The molecule has 0 aliphatic heterocycles. The third-order valence-corrected chi connectivity index (χ3v) is 3.36. The number of para-hydroxylation sites is 1. The van der Waals surface area contributed by atoms with Gasteiger partial charge in [-0.25, -0.2) is 9.18 Å². The first-order valence-electron chi connectivity index (χ1n) is 7.44. The van der Waals surface area contributed by atoms with Gasteiger partial charge < -0.3 is 19.5 Å². The average Bonchev–Trinajstić information content (AvgIpc) is 2.64. The van der Waals surface area contributed by atoms with E-state index in [1.165, 1.54) is 32.4 Å². The van der Waals surface area contributed by atoms with Gasteiger partial charge in [-0.3, -0.25) is 4.79 Å². The number of benzene rings is 2. The summed E-state index contributed by atoms with van der Waals surface area (Å²) in [6, 6.07) is 10.5. The van der Waals surface area contributed by atoms with Crippen LogP contribution in [0.1, 0.15) is 15.9 Å². The Kier molecular flexibility index (Phi) is 6.33. The number of methoxy groups -OCH3 is 2. The van der Waals surface area contributed by atoms with Crippen LogP contribution in [-0.2, 0) is 16.1 Å². The molecule has 1 amide bonds. The molecule has 0 saturated carbocycles. The van der Waals surface area contributed by atoms with Crippen LogP contribution >= 0.6 is 0 Å². The van der Waals surface area contributed by atoms with Gasteiger partial charge in [0.15, 0.2) is 18.1 Å². The summed E-state index contributed by atoms with van der Waals surface area (Å²) >= 11 is 0. The minimum atomic E-state index is -0.701. The molecule has 2 rings (SSSR count). The average molecular weight is 347 g/mol. The van der Waals surface area contributed by atoms with E-state index in [0.29, 0.717) is 5.75 Å². The van der Waals surface area contributed by atoms with Gasteiger partial charge in [0.2, 0.25) is 0 Å². The minimum Gasteiger partial charge on any atom is -0.493 e. The molecule has 0 heterocycles. The van der Waals surface area contributed by atoms with Crippen LogP contribution in [0.2, 0.25) is 0 Å². The number of carbonyl (C=O) groups is 2. The normalized spacial score (nSPS) is 10.0. The van der Waals surface area contributed by atoms with Crippen molar-refractivity contribution < 1.29 is 28.2 Å². The van der Waals surface area contributed by atoms with Crippen LogP contribution in [0, 0.1) is 5.82 Å². The standard InChI is InChI=1S/C18H18FNO5/c1-23-15-5-3-4-14(17(15)24-2)18(22)25-11-16(21)20-10-12-6-8-13(19)9-7-12/h3-9H,10-11H2,1-2H3,(H,20,21). The van der Waals surface area contributed by atoms with Gasteiger partial charge in [0.25, 0.3) is 5.91 Å². The van der Waals surface area contributed by atoms with Crippen LogP contribution in [-0.4, -0.2) is 32.7 Å². The predicted molar refractivity (Wildman–Crippen MR) is 88.1 cm³/mol. The molecule has 132 valence electrons. The van der Waals surface area contributed by atoms with Crippen molar-refractivity contribution in [2.45, 2.75) is 6.54 Å². The molecule has 2 aromatic carbocycles. The molecule has 0 fully saturated rings. The maximum atomic E-state index is 12.8. The van der Waals surface area contributed by atoms with Gasteiger partial charge in [-0.15, -0.1) is 0 Å². The highest BCUT2D eigenvalue weighted by atomic mass is 19.1. The molecule has 0 aliphatic rings. The molecule has 0 aromatic heterocycles. The van der Waals surface area contributed by atoms with Gasteiger partial charge in [-0.05, 0) is 29.8 Å². The number of esters is 1. The summed E-state index contributed by atoms with van der Waals surface area (Å²) in [7, 11) is 2.86. The quantitative estimate of drug-likeness (QED) is 0.778. The van der Waals surface area contributed by atoms with Crippen molar-refractivity contribution in [2.75, 3.05) is 20.8 Å². The lowest BCUT2D eigenvalue weighted by molar-refractivity contribution is -0.124. The Morgan fingerprint density at radius 3 is 2.40 bits per heavy atom. The van der Waals surface area contributed by atoms with Crippen molar-refractivity contribution in [2.24, 2.45) is 0 Å². The van der Waals surface area contributed by atoms with Gasteiger partial charge in [-0.1, -0.05) is 18.2 Å². The summed E-state index contributed by atoms with van der Waals surface area (Å²) in [4.78, 5) is 23.9. The lowest BCUT2D eigenvalue weighted by atomic mass is 10.2. The van der Waals surface area contributed by atoms with E-state index in [4.69, 9.17) is 14.2 Å². The molecule has 7 heteroatoms. The maximum Gasteiger partial charge on any atom is 0.342 e. The van der Waals surface area contributed by atoms with E-state index in [-0.39, 0.29) is 23.7 Å². The second-order valence-electron chi connectivity index (χ2n) is 5.02. The lowest BCUT2D eigenvalue weighted by Gasteiger charge is -2.12. The Balaban J connectivity index is 1.89. The zero-order valence-electron chi connectivity index (χ0n) is 13.9. The summed E-state index contributed by atoms with van der Waals surface area (Å²) in [6.45, 7) is -0.237. The Morgan fingerprint density at radius 1 is 1.04 bits per heavy atom.